The molecule has 1 aromatic carbocycles. The molecule has 0 radical (unpaired) electrons. The van der Waals surface area contributed by atoms with Gasteiger partial charge in [0.1, 0.15) is 24.4 Å². The number of nitrogens with one attached hydrogen (secondary N) is 1. The van der Waals surface area contributed by atoms with Crippen LogP contribution in [0.1, 0.15) is 11.8 Å². The van der Waals surface area contributed by atoms with Crippen molar-refractivity contribution in [3.63, 3.8) is 0 Å². The summed E-state index contributed by atoms with van der Waals surface area (Å²) in [6, 6.07) is 5.90. The highest BCUT2D eigenvalue weighted by Crippen LogP contribution is 2.43. The zero-order valence-corrected chi connectivity index (χ0v) is 16.0. The maximum absolute atomic E-state index is 13.0. The van der Waals surface area contributed by atoms with Crippen molar-refractivity contribution in [2.45, 2.75) is 31.3 Å². The van der Waals surface area contributed by atoms with Gasteiger partial charge in [-0.2, -0.15) is 0 Å². The van der Waals surface area contributed by atoms with Gasteiger partial charge in [0.15, 0.2) is 29.5 Å². The van der Waals surface area contributed by atoms with E-state index < -0.39 is 32.5 Å². The van der Waals surface area contributed by atoms with E-state index in [0.717, 1.165) is 5.56 Å². The number of phosphoric acid groups is 1. The first-order valence-electron chi connectivity index (χ1n) is 8.64. The van der Waals surface area contributed by atoms with Crippen molar-refractivity contribution in [2.24, 2.45) is 0 Å². The van der Waals surface area contributed by atoms with Crippen LogP contribution in [0.25, 0.3) is 11.2 Å². The van der Waals surface area contributed by atoms with Gasteiger partial charge in [-0.05, 0) is 17.7 Å². The Morgan fingerprint density at radius 3 is 2.60 bits per heavy atom. The monoisotopic (exact) mass is 441 g/mol. The van der Waals surface area contributed by atoms with Crippen molar-refractivity contribution in [1.29, 1.82) is 0 Å². The van der Waals surface area contributed by atoms with Gasteiger partial charge in [-0.15, -0.1) is 0 Å². The Balaban J connectivity index is 1.57. The molecule has 2 aromatic heterocycles. The molecule has 1 aliphatic heterocycles. The van der Waals surface area contributed by atoms with Gasteiger partial charge in [0.05, 0.1) is 6.33 Å². The van der Waals surface area contributed by atoms with Crippen LogP contribution in [0.5, 0.6) is 0 Å². The highest BCUT2D eigenvalue weighted by atomic mass is 31.2. The average molecular weight is 441 g/mol. The number of nitrogens with zero attached hydrogens (tertiary/aromatic N) is 4. The van der Waals surface area contributed by atoms with Gasteiger partial charge >= 0.3 is 7.82 Å². The van der Waals surface area contributed by atoms with E-state index in [1.807, 2.05) is 0 Å². The van der Waals surface area contributed by atoms with E-state index in [1.165, 1.54) is 29.4 Å². The molecule has 30 heavy (non-hydrogen) atoms. The minimum absolute atomic E-state index is 0.236. The molecule has 0 amide bonds. The molecule has 1 fully saturated rings. The summed E-state index contributed by atoms with van der Waals surface area (Å²) in [5.74, 6) is 0.0133. The Bertz CT molecular complexity index is 1090. The topological polar surface area (TPSA) is 172 Å². The van der Waals surface area contributed by atoms with Crippen molar-refractivity contribution >= 4 is 24.8 Å². The summed E-state index contributed by atoms with van der Waals surface area (Å²) in [7, 11) is -4.96. The van der Waals surface area contributed by atoms with Crippen molar-refractivity contribution < 1.29 is 38.2 Å². The molecule has 0 unspecified atom stereocenters. The minimum atomic E-state index is -4.96. The number of phosphoric ester groups is 1. The van der Waals surface area contributed by atoms with Crippen LogP contribution in [0.2, 0.25) is 0 Å². The first-order valence-corrected chi connectivity index (χ1v) is 10.2. The van der Waals surface area contributed by atoms with Gasteiger partial charge in [-0.25, -0.2) is 23.9 Å². The fourth-order valence-corrected chi connectivity index (χ4v) is 3.48. The third-order valence-electron chi connectivity index (χ3n) is 4.44. The molecule has 1 aliphatic rings. The van der Waals surface area contributed by atoms with Gasteiger partial charge in [-0.1, -0.05) is 12.1 Å². The molecule has 160 valence electrons. The van der Waals surface area contributed by atoms with Crippen molar-refractivity contribution in [2.75, 3.05) is 5.32 Å². The van der Waals surface area contributed by atoms with E-state index in [1.54, 1.807) is 12.1 Å². The maximum Gasteiger partial charge on any atom is 0.472 e. The zero-order chi connectivity index (χ0) is 21.5. The number of anilines is 1. The maximum atomic E-state index is 13.0. The molecule has 1 saturated heterocycles. The Hall–Kier alpha value is -2.51. The first-order chi connectivity index (χ1) is 14.2. The van der Waals surface area contributed by atoms with E-state index in [4.69, 9.17) is 14.5 Å². The van der Waals surface area contributed by atoms with Crippen LogP contribution in [-0.2, 0) is 20.4 Å². The summed E-state index contributed by atoms with van der Waals surface area (Å²) in [5, 5.41) is 23.3. The second kappa shape index (κ2) is 7.96. The molecule has 0 spiro atoms. The van der Waals surface area contributed by atoms with Crippen molar-refractivity contribution in [1.82, 2.24) is 19.5 Å². The molecule has 4 atom stereocenters. The number of hydrogen-bond donors (Lipinski definition) is 5. The van der Waals surface area contributed by atoms with Gasteiger partial charge in [0.2, 0.25) is 0 Å². The quantitative estimate of drug-likeness (QED) is 0.332. The van der Waals surface area contributed by atoms with E-state index in [2.05, 4.69) is 24.8 Å². The molecule has 0 aliphatic carbocycles. The summed E-state index contributed by atoms with van der Waals surface area (Å²) in [4.78, 5) is 30.3. The van der Waals surface area contributed by atoms with Crippen LogP contribution in [0.4, 0.5) is 10.2 Å². The Labute approximate surface area is 168 Å². The molecule has 5 N–H and O–H groups in total. The molecule has 0 bridgehead atoms. The standard InChI is InChI=1S/C16H17FN5O7P/c17-9-3-1-8(2-4-9)5-18-13-10-14(20-6-19-13)22(7-21-10)15-11(23)12(24)16(28-15)29-30(25,26)27/h1-4,6-7,11-12,15-16,23-24H,5H2,(H,18,19,20)(H2,25,26,27)/t11-,12-,15+,16-/m0/s1. The van der Waals surface area contributed by atoms with Crippen LogP contribution >= 0.6 is 7.82 Å². The Morgan fingerprint density at radius 1 is 1.17 bits per heavy atom. The SMILES string of the molecule is O=P(O)(O)O[C@@H]1O[C@@H](n2cnc3c(NCc4ccc(F)cc4)ncnc32)[C@@H](O)[C@@H]1O. The first kappa shape index (κ1) is 20.8. The third kappa shape index (κ3) is 4.18. The summed E-state index contributed by atoms with van der Waals surface area (Å²) in [6.07, 6.45) is -3.76. The summed E-state index contributed by atoms with van der Waals surface area (Å²) >= 11 is 0. The minimum Gasteiger partial charge on any atom is -0.385 e. The fraction of sp³-hybridized carbons (Fsp3) is 0.312. The van der Waals surface area contributed by atoms with E-state index in [0.29, 0.717) is 17.9 Å². The highest BCUT2D eigenvalue weighted by Gasteiger charge is 2.47. The van der Waals surface area contributed by atoms with Gasteiger partial charge < -0.3 is 30.1 Å². The number of fused-ring (bicyclic) bond motifs is 1. The van der Waals surface area contributed by atoms with Crippen LogP contribution in [0, 0.1) is 5.82 Å². The molecule has 0 saturated carbocycles. The highest BCUT2D eigenvalue weighted by molar-refractivity contribution is 7.46. The number of hydrogen-bond acceptors (Lipinski definition) is 9. The third-order valence-corrected chi connectivity index (χ3v) is 4.92. The second-order valence-electron chi connectivity index (χ2n) is 6.50. The van der Waals surface area contributed by atoms with Gasteiger partial charge in [-0.3, -0.25) is 9.09 Å². The summed E-state index contributed by atoms with van der Waals surface area (Å²) < 4.78 is 35.0. The van der Waals surface area contributed by atoms with Crippen molar-refractivity contribution in [3.8, 4) is 0 Å². The molecule has 3 heterocycles. The second-order valence-corrected chi connectivity index (χ2v) is 7.69. The molecular weight excluding hydrogens is 424 g/mol. The van der Waals surface area contributed by atoms with Crippen LogP contribution in [0.15, 0.2) is 36.9 Å². The van der Waals surface area contributed by atoms with Crippen LogP contribution in [0.3, 0.4) is 0 Å². The predicted molar refractivity (Wildman–Crippen MR) is 98.1 cm³/mol. The number of aliphatic hydroxyl groups excluding tert-OH is 2. The fourth-order valence-electron chi connectivity index (χ4n) is 3.04. The van der Waals surface area contributed by atoms with Crippen molar-refractivity contribution in [3.05, 3.63) is 48.3 Å². The number of rotatable bonds is 6. The molecule has 12 nitrogen and oxygen atoms in total. The van der Waals surface area contributed by atoms with E-state index >= 15 is 0 Å². The number of aromatic nitrogens is 4. The van der Waals surface area contributed by atoms with Crippen LogP contribution in [-0.4, -0.2) is 58.0 Å². The lowest BCUT2D eigenvalue weighted by Gasteiger charge is -2.16. The number of aliphatic hydroxyl groups is 2. The Morgan fingerprint density at radius 2 is 1.90 bits per heavy atom. The van der Waals surface area contributed by atoms with E-state index in [-0.39, 0.29) is 11.5 Å². The normalized spacial score (nSPS) is 24.4. The van der Waals surface area contributed by atoms with Gasteiger partial charge in [0.25, 0.3) is 0 Å². The predicted octanol–water partition coefficient (Wildman–Crippen LogP) is 0.263. The Kier molecular flexibility index (Phi) is 5.51. The summed E-state index contributed by atoms with van der Waals surface area (Å²) in [5.41, 5.74) is 1.36. The largest absolute Gasteiger partial charge is 0.472 e. The van der Waals surface area contributed by atoms with Crippen LogP contribution < -0.4 is 5.32 Å². The number of ether oxygens (including phenoxy) is 1. The lowest BCUT2D eigenvalue weighted by Crippen LogP contribution is -2.32. The molecule has 3 aromatic rings. The lowest BCUT2D eigenvalue weighted by molar-refractivity contribution is -0.134. The zero-order valence-electron chi connectivity index (χ0n) is 15.1. The van der Waals surface area contributed by atoms with Gasteiger partial charge in [0, 0.05) is 6.54 Å². The smallest absolute Gasteiger partial charge is 0.385 e. The number of benzene rings is 1. The van der Waals surface area contributed by atoms with E-state index in [9.17, 15) is 19.2 Å². The average Bonchev–Trinajstić information content (AvgIpc) is 3.23. The lowest BCUT2D eigenvalue weighted by atomic mass is 10.2. The number of halogens is 1. The number of imidazole rings is 1. The molecular formula is C16H17FN5O7P. The summed E-state index contributed by atoms with van der Waals surface area (Å²) in [6.45, 7) is 0.332. The molecule has 14 heteroatoms. The molecule has 4 rings (SSSR count).